The summed E-state index contributed by atoms with van der Waals surface area (Å²) in [7, 11) is 1.57. The van der Waals surface area contributed by atoms with Gasteiger partial charge in [-0.25, -0.2) is 4.57 Å². The van der Waals surface area contributed by atoms with E-state index in [2.05, 4.69) is 31.3 Å². The lowest BCUT2D eigenvalue weighted by Gasteiger charge is -2.25. The minimum atomic E-state index is -4.35. The van der Waals surface area contributed by atoms with Crippen molar-refractivity contribution in [3.05, 3.63) is 24.3 Å². The second-order valence-corrected chi connectivity index (χ2v) is 23.2. The third kappa shape index (κ3) is 52.8. The fourth-order valence-electron chi connectivity index (χ4n) is 9.00. The molecule has 404 valence electrons. The van der Waals surface area contributed by atoms with Gasteiger partial charge >= 0.3 is 7.82 Å². The molecule has 9 heteroatoms. The summed E-state index contributed by atoms with van der Waals surface area (Å²) in [5.74, 6) is -0.180. The Morgan fingerprint density at radius 2 is 0.809 bits per heavy atom. The van der Waals surface area contributed by atoms with Gasteiger partial charge in [0.1, 0.15) is 13.2 Å². The molecule has 0 aliphatic heterocycles. The number of allylic oxidation sites excluding steroid dienone is 3. The molecular formula is C59H118N2O6P+. The van der Waals surface area contributed by atoms with E-state index in [-0.39, 0.29) is 19.1 Å². The number of hydrogen-bond acceptors (Lipinski definition) is 5. The summed E-state index contributed by atoms with van der Waals surface area (Å²) in [6, 6.07) is -0.860. The molecular weight excluding hydrogens is 864 g/mol. The van der Waals surface area contributed by atoms with E-state index in [1.54, 1.807) is 6.08 Å². The predicted molar refractivity (Wildman–Crippen MR) is 295 cm³/mol. The van der Waals surface area contributed by atoms with Gasteiger partial charge in [-0.2, -0.15) is 0 Å². The van der Waals surface area contributed by atoms with Gasteiger partial charge in [0.05, 0.1) is 39.9 Å². The van der Waals surface area contributed by atoms with Crippen molar-refractivity contribution in [1.29, 1.82) is 0 Å². The highest BCUT2D eigenvalue weighted by Crippen LogP contribution is 2.43. The molecule has 0 rings (SSSR count). The molecule has 1 amide bonds. The Morgan fingerprint density at radius 1 is 0.485 bits per heavy atom. The molecule has 3 N–H and O–H groups in total. The number of aliphatic hydroxyl groups is 1. The quantitative estimate of drug-likeness (QED) is 0.0243. The van der Waals surface area contributed by atoms with Crippen LogP contribution in [-0.4, -0.2) is 73.4 Å². The Morgan fingerprint density at radius 3 is 1.18 bits per heavy atom. The molecule has 0 aromatic carbocycles. The average molecular weight is 983 g/mol. The molecule has 3 atom stereocenters. The maximum atomic E-state index is 13.0. The maximum absolute atomic E-state index is 13.0. The minimum Gasteiger partial charge on any atom is -0.387 e. The number of likely N-dealkylation sites (N-methyl/N-ethyl adjacent to an activating group) is 1. The van der Waals surface area contributed by atoms with Crippen LogP contribution in [0.15, 0.2) is 24.3 Å². The number of unbranched alkanes of at least 4 members (excludes halogenated alkanes) is 40. The van der Waals surface area contributed by atoms with Crippen LogP contribution in [0, 0.1) is 0 Å². The van der Waals surface area contributed by atoms with Crippen molar-refractivity contribution in [1.82, 2.24) is 5.32 Å². The largest absolute Gasteiger partial charge is 0.472 e. The highest BCUT2D eigenvalue weighted by Gasteiger charge is 2.27. The van der Waals surface area contributed by atoms with Crippen LogP contribution in [0.3, 0.4) is 0 Å². The van der Waals surface area contributed by atoms with Crippen LogP contribution in [0.25, 0.3) is 0 Å². The van der Waals surface area contributed by atoms with Crippen LogP contribution in [0.1, 0.15) is 296 Å². The molecule has 0 heterocycles. The number of hydrogen-bond donors (Lipinski definition) is 3. The van der Waals surface area contributed by atoms with E-state index in [4.69, 9.17) is 9.05 Å². The Labute approximate surface area is 424 Å². The molecule has 0 radical (unpaired) electrons. The number of amides is 1. The van der Waals surface area contributed by atoms with Gasteiger partial charge < -0.3 is 19.8 Å². The molecule has 0 aliphatic carbocycles. The van der Waals surface area contributed by atoms with Gasteiger partial charge in [-0.1, -0.05) is 282 Å². The molecule has 0 saturated heterocycles. The fourth-order valence-corrected chi connectivity index (χ4v) is 9.74. The molecule has 0 fully saturated rings. The van der Waals surface area contributed by atoms with Crippen molar-refractivity contribution in [3.8, 4) is 0 Å². The highest BCUT2D eigenvalue weighted by molar-refractivity contribution is 7.47. The number of carbonyl (C=O) groups excluding carboxylic acids is 1. The summed E-state index contributed by atoms with van der Waals surface area (Å²) in [4.78, 5) is 23.3. The standard InChI is InChI=1S/C59H117N2O6P/c1-6-8-10-12-14-16-18-20-22-24-26-28-30-31-33-35-37-39-41-43-45-47-49-51-53-59(63)60-57(56-67-68(64,65)66-55-54-61(3,4)5)58(62)52-50-48-46-44-42-40-38-36-34-32-29-27-25-23-21-19-17-15-13-11-9-7-2/h42,44,50,52,57-58,62H,6-41,43,45-49,51,53-56H2,1-5H3,(H-,60,63,64,65)/p+1/b44-42+,52-50+. The number of nitrogens with zero attached hydrogens (tertiary/aromatic N) is 1. The summed E-state index contributed by atoms with van der Waals surface area (Å²) in [5, 5.41) is 13.9. The topological polar surface area (TPSA) is 105 Å². The summed E-state index contributed by atoms with van der Waals surface area (Å²) in [6.07, 6.45) is 64.3. The van der Waals surface area contributed by atoms with E-state index in [0.29, 0.717) is 17.4 Å². The first-order chi connectivity index (χ1) is 33.0. The van der Waals surface area contributed by atoms with E-state index in [0.717, 1.165) is 38.5 Å². The van der Waals surface area contributed by atoms with Crippen molar-refractivity contribution in [2.45, 2.75) is 309 Å². The molecule has 0 aromatic rings. The highest BCUT2D eigenvalue weighted by atomic mass is 31.2. The Hall–Kier alpha value is -1.02. The predicted octanol–water partition coefficient (Wildman–Crippen LogP) is 18.0. The first kappa shape index (κ1) is 67.0. The third-order valence-electron chi connectivity index (χ3n) is 13.7. The number of nitrogens with one attached hydrogen (secondary N) is 1. The van der Waals surface area contributed by atoms with Gasteiger partial charge in [-0.3, -0.25) is 13.8 Å². The Bertz CT molecular complexity index is 1160. The normalized spacial score (nSPS) is 14.0. The number of phosphoric acid groups is 1. The lowest BCUT2D eigenvalue weighted by molar-refractivity contribution is -0.870. The second kappa shape index (κ2) is 50.9. The molecule has 0 aromatic heterocycles. The van der Waals surface area contributed by atoms with Gasteiger partial charge in [-0.05, 0) is 32.1 Å². The van der Waals surface area contributed by atoms with Gasteiger partial charge in [-0.15, -0.1) is 0 Å². The van der Waals surface area contributed by atoms with Crippen LogP contribution < -0.4 is 5.32 Å². The second-order valence-electron chi connectivity index (χ2n) is 21.7. The van der Waals surface area contributed by atoms with Crippen LogP contribution >= 0.6 is 7.82 Å². The van der Waals surface area contributed by atoms with Crippen molar-refractivity contribution in [3.63, 3.8) is 0 Å². The van der Waals surface area contributed by atoms with Crippen LogP contribution in [0.5, 0.6) is 0 Å². The maximum Gasteiger partial charge on any atom is 0.472 e. The van der Waals surface area contributed by atoms with Crippen LogP contribution in [-0.2, 0) is 18.4 Å². The molecule has 0 spiro atoms. The summed E-state index contributed by atoms with van der Waals surface area (Å²) < 4.78 is 23.7. The lowest BCUT2D eigenvalue weighted by atomic mass is 10.0. The molecule has 68 heavy (non-hydrogen) atoms. The van der Waals surface area contributed by atoms with Gasteiger partial charge in [0.25, 0.3) is 0 Å². The molecule has 0 saturated carbocycles. The van der Waals surface area contributed by atoms with Crippen LogP contribution in [0.2, 0.25) is 0 Å². The van der Waals surface area contributed by atoms with E-state index in [1.165, 1.54) is 238 Å². The zero-order valence-electron chi connectivity index (χ0n) is 46.1. The summed E-state index contributed by atoms with van der Waals surface area (Å²) >= 11 is 0. The molecule has 0 bridgehead atoms. The SMILES string of the molecule is CCCCCCCCCCCCCCCCCC/C=C/CC/C=C/C(O)C(COP(=O)(O)OCC[N+](C)(C)C)NC(=O)CCCCCCCCCCCCCCCCCCCCCCCCCC. The van der Waals surface area contributed by atoms with E-state index in [9.17, 15) is 19.4 Å². The molecule has 3 unspecified atom stereocenters. The van der Waals surface area contributed by atoms with Crippen molar-refractivity contribution < 1.29 is 32.9 Å². The van der Waals surface area contributed by atoms with Crippen LogP contribution in [0.4, 0.5) is 0 Å². The van der Waals surface area contributed by atoms with Gasteiger partial charge in [0.2, 0.25) is 5.91 Å². The van der Waals surface area contributed by atoms with Crippen molar-refractivity contribution in [2.75, 3.05) is 40.9 Å². The van der Waals surface area contributed by atoms with Crippen molar-refractivity contribution in [2.24, 2.45) is 0 Å². The first-order valence-electron chi connectivity index (χ1n) is 29.7. The van der Waals surface area contributed by atoms with E-state index in [1.807, 2.05) is 27.2 Å². The van der Waals surface area contributed by atoms with Gasteiger partial charge in [0.15, 0.2) is 0 Å². The Balaban J connectivity index is 4.20. The fraction of sp³-hybridized carbons (Fsp3) is 0.915. The first-order valence-corrected chi connectivity index (χ1v) is 31.2. The third-order valence-corrected chi connectivity index (χ3v) is 14.7. The summed E-state index contributed by atoms with van der Waals surface area (Å²) in [5.41, 5.74) is 0. The average Bonchev–Trinajstić information content (AvgIpc) is 3.30. The van der Waals surface area contributed by atoms with E-state index >= 15 is 0 Å². The number of rotatable bonds is 55. The lowest BCUT2D eigenvalue weighted by Crippen LogP contribution is -2.45. The zero-order valence-corrected chi connectivity index (χ0v) is 47.0. The minimum absolute atomic E-state index is 0.0588. The molecule has 0 aliphatic rings. The van der Waals surface area contributed by atoms with Crippen molar-refractivity contribution >= 4 is 13.7 Å². The monoisotopic (exact) mass is 982 g/mol. The number of carbonyl (C=O) groups is 1. The zero-order chi connectivity index (χ0) is 49.9. The number of aliphatic hydroxyl groups excluding tert-OH is 1. The Kier molecular flexibility index (Phi) is 50.1. The smallest absolute Gasteiger partial charge is 0.387 e. The molecule has 8 nitrogen and oxygen atoms in total. The van der Waals surface area contributed by atoms with E-state index < -0.39 is 20.0 Å². The number of phosphoric ester groups is 1. The summed E-state index contributed by atoms with van der Waals surface area (Å²) in [6.45, 7) is 4.85. The number of quaternary nitrogens is 1. The van der Waals surface area contributed by atoms with Gasteiger partial charge in [0, 0.05) is 6.42 Å².